The number of para-hydroxylation sites is 1. The van der Waals surface area contributed by atoms with E-state index in [2.05, 4.69) is 163 Å². The molecule has 3 heteroatoms. The summed E-state index contributed by atoms with van der Waals surface area (Å²) in [7, 11) is 0. The fourth-order valence-electron chi connectivity index (χ4n) is 6.46. The van der Waals surface area contributed by atoms with Gasteiger partial charge in [0, 0.05) is 48.9 Å². The van der Waals surface area contributed by atoms with Crippen LogP contribution in [0.2, 0.25) is 0 Å². The molecular weight excluding hydrogens is 577 g/mol. The first kappa shape index (κ1) is 27.9. The normalized spacial score (nSPS) is 12.6. The Labute approximate surface area is 272 Å². The molecular formula is C43H32N2S. The van der Waals surface area contributed by atoms with Crippen LogP contribution >= 0.6 is 11.3 Å². The summed E-state index contributed by atoms with van der Waals surface area (Å²) in [6.45, 7) is 0.662. The summed E-state index contributed by atoms with van der Waals surface area (Å²) in [6.07, 6.45) is 2.23. The van der Waals surface area contributed by atoms with Crippen molar-refractivity contribution in [3.8, 4) is 22.3 Å². The van der Waals surface area contributed by atoms with Gasteiger partial charge < -0.3 is 11.1 Å². The Morgan fingerprint density at radius 1 is 0.609 bits per heavy atom. The largest absolute Gasteiger partial charge is 0.398 e. The van der Waals surface area contributed by atoms with Crippen molar-refractivity contribution in [2.45, 2.75) is 0 Å². The average molecular weight is 609 g/mol. The van der Waals surface area contributed by atoms with Crippen molar-refractivity contribution in [2.24, 2.45) is 5.73 Å². The maximum absolute atomic E-state index is 6.80. The number of benzene rings is 7. The maximum Gasteiger partial charge on any atom is 0.0467 e. The monoisotopic (exact) mass is 608 g/mol. The summed E-state index contributed by atoms with van der Waals surface area (Å²) in [6, 6.07) is 55.8. The minimum absolute atomic E-state index is 0.662. The molecule has 0 fully saturated rings. The van der Waals surface area contributed by atoms with Gasteiger partial charge >= 0.3 is 0 Å². The highest BCUT2D eigenvalue weighted by Crippen LogP contribution is 2.45. The molecule has 0 unspecified atom stereocenters. The number of fused-ring (bicyclic) bond motifs is 5. The lowest BCUT2D eigenvalue weighted by molar-refractivity contribution is 1.35. The molecule has 2 nitrogen and oxygen atoms in total. The van der Waals surface area contributed by atoms with Crippen LogP contribution in [0.25, 0.3) is 65.0 Å². The number of thiophene rings is 1. The Hall–Kier alpha value is -5.64. The molecule has 8 aromatic rings. The van der Waals surface area contributed by atoms with Gasteiger partial charge in [-0.1, -0.05) is 146 Å². The lowest BCUT2D eigenvalue weighted by atomic mass is 9.94. The minimum Gasteiger partial charge on any atom is -0.398 e. The lowest BCUT2D eigenvalue weighted by Crippen LogP contribution is -2.30. The van der Waals surface area contributed by atoms with E-state index < -0.39 is 0 Å². The van der Waals surface area contributed by atoms with Crippen LogP contribution in [0.1, 0.15) is 5.56 Å². The minimum atomic E-state index is 0.662. The third-order valence-electron chi connectivity index (χ3n) is 8.76. The molecule has 7 aromatic carbocycles. The van der Waals surface area contributed by atoms with E-state index in [0.717, 1.165) is 27.4 Å². The Balaban J connectivity index is 1.16. The first-order valence-corrected chi connectivity index (χ1v) is 16.4. The second-order valence-corrected chi connectivity index (χ2v) is 12.6. The number of nitrogens with one attached hydrogen (secondary N) is 1. The van der Waals surface area contributed by atoms with Gasteiger partial charge in [0.25, 0.3) is 0 Å². The van der Waals surface area contributed by atoms with E-state index in [9.17, 15) is 0 Å². The molecule has 0 saturated carbocycles. The van der Waals surface area contributed by atoms with Crippen molar-refractivity contribution in [1.82, 2.24) is 0 Å². The lowest BCUT2D eigenvalue weighted by Gasteiger charge is -2.14. The highest BCUT2D eigenvalue weighted by atomic mass is 32.1. The summed E-state index contributed by atoms with van der Waals surface area (Å²) in [5.74, 6) is 0. The van der Waals surface area contributed by atoms with Crippen LogP contribution in [-0.2, 0) is 0 Å². The van der Waals surface area contributed by atoms with Gasteiger partial charge in [-0.3, -0.25) is 0 Å². The predicted octanol–water partition coefficient (Wildman–Crippen LogP) is 9.55. The van der Waals surface area contributed by atoms with E-state index in [0.29, 0.717) is 6.54 Å². The van der Waals surface area contributed by atoms with Gasteiger partial charge in [-0.05, 0) is 56.4 Å². The van der Waals surface area contributed by atoms with E-state index in [1.807, 2.05) is 17.4 Å². The maximum atomic E-state index is 6.80. The SMILES string of the molecule is N/C(c1ccc(-c2ccccc2)cc1)=c1/cccc/c1=C/CNc1ccccc1-c1cc2ccccc2c2sc3ccccc3c12. The molecule has 3 N–H and O–H groups in total. The van der Waals surface area contributed by atoms with Crippen molar-refractivity contribution in [2.75, 3.05) is 11.9 Å². The molecule has 0 radical (unpaired) electrons. The van der Waals surface area contributed by atoms with Crippen molar-refractivity contribution in [1.29, 1.82) is 0 Å². The molecule has 46 heavy (non-hydrogen) atoms. The van der Waals surface area contributed by atoms with E-state index in [-0.39, 0.29) is 0 Å². The zero-order chi connectivity index (χ0) is 30.9. The first-order chi connectivity index (χ1) is 22.7. The first-order valence-electron chi connectivity index (χ1n) is 15.6. The van der Waals surface area contributed by atoms with Crippen LogP contribution in [0, 0.1) is 0 Å². The van der Waals surface area contributed by atoms with Crippen LogP contribution in [0.5, 0.6) is 0 Å². The number of nitrogens with two attached hydrogens (primary N) is 1. The van der Waals surface area contributed by atoms with Crippen LogP contribution in [0.4, 0.5) is 5.69 Å². The third kappa shape index (κ3) is 5.11. The fraction of sp³-hybridized carbons (Fsp3) is 0.0233. The smallest absolute Gasteiger partial charge is 0.0467 e. The molecule has 0 bridgehead atoms. The molecule has 1 aromatic heterocycles. The second kappa shape index (κ2) is 12.0. The van der Waals surface area contributed by atoms with E-state index in [1.54, 1.807) is 0 Å². The quantitative estimate of drug-likeness (QED) is 0.197. The van der Waals surface area contributed by atoms with E-state index in [4.69, 9.17) is 5.73 Å². The van der Waals surface area contributed by atoms with Crippen molar-refractivity contribution < 1.29 is 0 Å². The molecule has 0 aliphatic carbocycles. The summed E-state index contributed by atoms with van der Waals surface area (Å²) in [5.41, 5.74) is 14.5. The summed E-state index contributed by atoms with van der Waals surface area (Å²) >= 11 is 1.88. The average Bonchev–Trinajstić information content (AvgIpc) is 3.52. The molecule has 0 aliphatic rings. The molecule has 0 aliphatic heterocycles. The van der Waals surface area contributed by atoms with Gasteiger partial charge in [0.05, 0.1) is 0 Å². The molecule has 0 atom stereocenters. The molecule has 1 heterocycles. The van der Waals surface area contributed by atoms with Gasteiger partial charge in [0.15, 0.2) is 0 Å². The van der Waals surface area contributed by atoms with Gasteiger partial charge in [0.1, 0.15) is 0 Å². The molecule has 220 valence electrons. The molecule has 0 spiro atoms. The highest BCUT2D eigenvalue weighted by molar-refractivity contribution is 7.26. The van der Waals surface area contributed by atoms with Crippen molar-refractivity contribution >= 4 is 59.7 Å². The van der Waals surface area contributed by atoms with Crippen LogP contribution in [0.15, 0.2) is 158 Å². The fourth-order valence-corrected chi connectivity index (χ4v) is 7.73. The zero-order valence-electron chi connectivity index (χ0n) is 25.3. The summed E-state index contributed by atoms with van der Waals surface area (Å²) in [5, 5.41) is 11.1. The summed E-state index contributed by atoms with van der Waals surface area (Å²) < 4.78 is 2.65. The van der Waals surface area contributed by atoms with Gasteiger partial charge in [0.2, 0.25) is 0 Å². The summed E-state index contributed by atoms with van der Waals surface area (Å²) in [4.78, 5) is 0. The van der Waals surface area contributed by atoms with Gasteiger partial charge in [-0.15, -0.1) is 11.3 Å². The van der Waals surface area contributed by atoms with E-state index in [1.165, 1.54) is 53.2 Å². The number of rotatable bonds is 6. The van der Waals surface area contributed by atoms with Crippen LogP contribution < -0.4 is 21.5 Å². The van der Waals surface area contributed by atoms with Gasteiger partial charge in [-0.2, -0.15) is 0 Å². The van der Waals surface area contributed by atoms with Crippen molar-refractivity contribution in [3.05, 3.63) is 174 Å². The standard InChI is InChI=1S/C43H32N2S/c44-42(32-24-22-30(23-25-32)29-12-2-1-3-13-29)34-16-6-4-14-31(34)26-27-45-39-20-10-8-18-36(39)38-28-33-15-5-7-17-35(33)43-41(38)37-19-9-11-21-40(37)46-43/h1-26,28,45H,27,44H2/b31-26-,42-34-. The van der Waals surface area contributed by atoms with Gasteiger partial charge in [-0.25, -0.2) is 0 Å². The highest BCUT2D eigenvalue weighted by Gasteiger charge is 2.16. The third-order valence-corrected chi connectivity index (χ3v) is 9.96. The number of hydrogen-bond acceptors (Lipinski definition) is 3. The molecule has 0 saturated heterocycles. The Bertz CT molecular complexity index is 2470. The number of hydrogen-bond donors (Lipinski definition) is 2. The zero-order valence-corrected chi connectivity index (χ0v) is 26.1. The molecule has 8 rings (SSSR count). The Morgan fingerprint density at radius 2 is 1.28 bits per heavy atom. The molecule has 0 amide bonds. The Morgan fingerprint density at radius 3 is 2.15 bits per heavy atom. The van der Waals surface area contributed by atoms with Crippen molar-refractivity contribution in [3.63, 3.8) is 0 Å². The number of anilines is 1. The van der Waals surface area contributed by atoms with Crippen LogP contribution in [-0.4, -0.2) is 6.54 Å². The van der Waals surface area contributed by atoms with Crippen LogP contribution in [0.3, 0.4) is 0 Å². The predicted molar refractivity (Wildman–Crippen MR) is 199 cm³/mol. The van der Waals surface area contributed by atoms with E-state index >= 15 is 0 Å². The second-order valence-electron chi connectivity index (χ2n) is 11.5. The topological polar surface area (TPSA) is 38.0 Å². The Kier molecular flexibility index (Phi) is 7.30.